The number of aromatic nitrogens is 3. The number of rotatable bonds is 3. The van der Waals surface area contributed by atoms with Crippen LogP contribution in [0.1, 0.15) is 22.8 Å². The van der Waals surface area contributed by atoms with Crippen molar-refractivity contribution < 1.29 is 0 Å². The molecule has 2 heterocycles. The Balaban J connectivity index is 2.22. The molecule has 5 heteroatoms. The predicted octanol–water partition coefficient (Wildman–Crippen LogP) is 2.02. The van der Waals surface area contributed by atoms with Gasteiger partial charge in [-0.05, 0) is 38.5 Å². The topological polar surface area (TPSA) is 67.9 Å². The number of anilines is 2. The van der Waals surface area contributed by atoms with Gasteiger partial charge in [-0.15, -0.1) is 0 Å². The first kappa shape index (κ1) is 13.3. The van der Waals surface area contributed by atoms with E-state index in [1.165, 1.54) is 5.56 Å². The molecule has 0 aliphatic heterocycles. The van der Waals surface area contributed by atoms with E-state index in [1.54, 1.807) is 6.07 Å². The third-order valence-electron chi connectivity index (χ3n) is 2.79. The molecule has 2 N–H and O–H groups in total. The van der Waals surface area contributed by atoms with Crippen LogP contribution in [0.15, 0.2) is 18.2 Å². The summed E-state index contributed by atoms with van der Waals surface area (Å²) in [5.41, 5.74) is 9.01. The van der Waals surface area contributed by atoms with E-state index in [9.17, 15) is 0 Å². The minimum atomic E-state index is 0.489. The lowest BCUT2D eigenvalue weighted by atomic mass is 10.2. The van der Waals surface area contributed by atoms with Crippen molar-refractivity contribution in [2.75, 3.05) is 17.7 Å². The molecule has 0 spiro atoms. The maximum Gasteiger partial charge on any atom is 0.134 e. The highest BCUT2D eigenvalue weighted by Gasteiger charge is 2.07. The fourth-order valence-electron chi connectivity index (χ4n) is 2.10. The molecule has 0 saturated heterocycles. The largest absolute Gasteiger partial charge is 0.384 e. The summed E-state index contributed by atoms with van der Waals surface area (Å²) in [5.74, 6) is 1.98. The van der Waals surface area contributed by atoms with Gasteiger partial charge in [-0.1, -0.05) is 0 Å². The molecular weight excluding hydrogens is 238 g/mol. The second-order valence-electron chi connectivity index (χ2n) is 4.83. The Morgan fingerprint density at radius 3 is 2.42 bits per heavy atom. The molecular formula is C14H19N5. The fourth-order valence-corrected chi connectivity index (χ4v) is 2.10. The van der Waals surface area contributed by atoms with Gasteiger partial charge in [0.1, 0.15) is 17.5 Å². The molecule has 0 atom stereocenters. The monoisotopic (exact) mass is 257 g/mol. The van der Waals surface area contributed by atoms with E-state index >= 15 is 0 Å². The lowest BCUT2D eigenvalue weighted by Crippen LogP contribution is -2.19. The smallest absolute Gasteiger partial charge is 0.134 e. The summed E-state index contributed by atoms with van der Waals surface area (Å²) in [6.07, 6.45) is 0. The molecule has 0 radical (unpaired) electrons. The van der Waals surface area contributed by atoms with E-state index in [4.69, 9.17) is 5.73 Å². The van der Waals surface area contributed by atoms with E-state index in [0.717, 1.165) is 17.2 Å². The zero-order valence-corrected chi connectivity index (χ0v) is 11.8. The Kier molecular flexibility index (Phi) is 3.64. The minimum absolute atomic E-state index is 0.489. The van der Waals surface area contributed by atoms with Crippen LogP contribution >= 0.6 is 0 Å². The predicted molar refractivity (Wildman–Crippen MR) is 77.0 cm³/mol. The van der Waals surface area contributed by atoms with Gasteiger partial charge in [0, 0.05) is 18.8 Å². The highest BCUT2D eigenvalue weighted by atomic mass is 15.2. The van der Waals surface area contributed by atoms with Crippen LogP contribution in [0.5, 0.6) is 0 Å². The SMILES string of the molecule is Cc1cc(C)nc(CN(C)c2cc(N)nc(C)n2)c1. The van der Waals surface area contributed by atoms with E-state index in [1.807, 2.05) is 25.8 Å². The van der Waals surface area contributed by atoms with Crippen molar-refractivity contribution in [2.24, 2.45) is 0 Å². The summed E-state index contributed by atoms with van der Waals surface area (Å²) in [7, 11) is 1.97. The molecule has 2 aromatic heterocycles. The van der Waals surface area contributed by atoms with E-state index < -0.39 is 0 Å². The number of aryl methyl sites for hydroxylation is 3. The van der Waals surface area contributed by atoms with Crippen LogP contribution < -0.4 is 10.6 Å². The average Bonchev–Trinajstić information content (AvgIpc) is 2.25. The summed E-state index contributed by atoms with van der Waals surface area (Å²) in [6.45, 7) is 6.61. The fraction of sp³-hybridized carbons (Fsp3) is 0.357. The van der Waals surface area contributed by atoms with Crippen LogP contribution in [0.4, 0.5) is 11.6 Å². The maximum atomic E-state index is 5.75. The van der Waals surface area contributed by atoms with Gasteiger partial charge < -0.3 is 10.6 Å². The van der Waals surface area contributed by atoms with Gasteiger partial charge in [-0.2, -0.15) is 0 Å². The number of nitrogens with zero attached hydrogens (tertiary/aromatic N) is 4. The van der Waals surface area contributed by atoms with Gasteiger partial charge in [-0.3, -0.25) is 4.98 Å². The second-order valence-corrected chi connectivity index (χ2v) is 4.83. The van der Waals surface area contributed by atoms with Gasteiger partial charge >= 0.3 is 0 Å². The van der Waals surface area contributed by atoms with Gasteiger partial charge in [0.25, 0.3) is 0 Å². The standard InChI is InChI=1S/C14H19N5/c1-9-5-10(2)16-12(6-9)8-19(4)14-7-13(15)17-11(3)18-14/h5-7H,8H2,1-4H3,(H2,15,17,18). The first-order valence-electron chi connectivity index (χ1n) is 6.20. The third-order valence-corrected chi connectivity index (χ3v) is 2.79. The molecule has 2 aromatic rings. The summed E-state index contributed by atoms with van der Waals surface area (Å²) in [6, 6.07) is 5.92. The van der Waals surface area contributed by atoms with Crippen molar-refractivity contribution in [3.8, 4) is 0 Å². The Bertz CT molecular complexity index is 554. The molecule has 0 fully saturated rings. The van der Waals surface area contributed by atoms with E-state index in [0.29, 0.717) is 18.2 Å². The average molecular weight is 257 g/mol. The van der Waals surface area contributed by atoms with Gasteiger partial charge in [0.15, 0.2) is 0 Å². The van der Waals surface area contributed by atoms with E-state index in [2.05, 4.69) is 34.0 Å². The third kappa shape index (κ3) is 3.40. The number of hydrogen-bond acceptors (Lipinski definition) is 5. The molecule has 0 unspecified atom stereocenters. The van der Waals surface area contributed by atoms with Crippen LogP contribution in [-0.4, -0.2) is 22.0 Å². The Hall–Kier alpha value is -2.17. The minimum Gasteiger partial charge on any atom is -0.384 e. The normalized spacial score (nSPS) is 10.5. The van der Waals surface area contributed by atoms with Crippen molar-refractivity contribution >= 4 is 11.6 Å². The van der Waals surface area contributed by atoms with Crippen molar-refractivity contribution in [1.82, 2.24) is 15.0 Å². The number of hydrogen-bond donors (Lipinski definition) is 1. The number of nitrogens with two attached hydrogens (primary N) is 1. The first-order chi connectivity index (χ1) is 8.94. The lowest BCUT2D eigenvalue weighted by molar-refractivity contribution is 0.846. The van der Waals surface area contributed by atoms with E-state index in [-0.39, 0.29) is 0 Å². The molecule has 2 rings (SSSR count). The molecule has 0 amide bonds. The molecule has 19 heavy (non-hydrogen) atoms. The summed E-state index contributed by atoms with van der Waals surface area (Å²) >= 11 is 0. The van der Waals surface area contributed by atoms with Gasteiger partial charge in [0.2, 0.25) is 0 Å². The Labute approximate surface area is 113 Å². The van der Waals surface area contributed by atoms with Crippen molar-refractivity contribution in [3.63, 3.8) is 0 Å². The number of pyridine rings is 1. The Morgan fingerprint density at radius 1 is 1.05 bits per heavy atom. The van der Waals surface area contributed by atoms with Gasteiger partial charge in [0.05, 0.1) is 12.2 Å². The highest BCUT2D eigenvalue weighted by Crippen LogP contribution is 2.15. The van der Waals surface area contributed by atoms with Crippen LogP contribution in [0, 0.1) is 20.8 Å². The van der Waals surface area contributed by atoms with Crippen LogP contribution in [0.3, 0.4) is 0 Å². The quantitative estimate of drug-likeness (QED) is 0.911. The highest BCUT2D eigenvalue weighted by molar-refractivity contribution is 5.46. The van der Waals surface area contributed by atoms with Crippen molar-refractivity contribution in [2.45, 2.75) is 27.3 Å². The first-order valence-corrected chi connectivity index (χ1v) is 6.20. The summed E-state index contributed by atoms with van der Waals surface area (Å²) in [4.78, 5) is 15.0. The maximum absolute atomic E-state index is 5.75. The lowest BCUT2D eigenvalue weighted by Gasteiger charge is -2.18. The number of nitrogen functional groups attached to an aromatic ring is 1. The molecule has 0 aromatic carbocycles. The molecule has 0 bridgehead atoms. The zero-order valence-electron chi connectivity index (χ0n) is 11.8. The molecule has 0 saturated carbocycles. The molecule has 0 aliphatic rings. The van der Waals surface area contributed by atoms with Gasteiger partial charge in [-0.25, -0.2) is 9.97 Å². The van der Waals surface area contributed by atoms with Crippen LogP contribution in [-0.2, 0) is 6.54 Å². The van der Waals surface area contributed by atoms with Crippen LogP contribution in [0.2, 0.25) is 0 Å². The zero-order chi connectivity index (χ0) is 14.0. The Morgan fingerprint density at radius 2 is 1.79 bits per heavy atom. The van der Waals surface area contributed by atoms with Crippen molar-refractivity contribution in [3.05, 3.63) is 41.0 Å². The molecule has 100 valence electrons. The van der Waals surface area contributed by atoms with Crippen molar-refractivity contribution in [1.29, 1.82) is 0 Å². The molecule has 0 aliphatic carbocycles. The summed E-state index contributed by atoms with van der Waals surface area (Å²) < 4.78 is 0. The van der Waals surface area contributed by atoms with Crippen LogP contribution in [0.25, 0.3) is 0 Å². The second kappa shape index (κ2) is 5.22. The summed E-state index contributed by atoms with van der Waals surface area (Å²) in [5, 5.41) is 0. The molecule has 5 nitrogen and oxygen atoms in total.